The van der Waals surface area contributed by atoms with E-state index in [4.69, 9.17) is 11.6 Å². The number of benzene rings is 2. The Labute approximate surface area is 154 Å². The minimum absolute atomic E-state index is 0. The van der Waals surface area contributed by atoms with Crippen LogP contribution < -0.4 is 5.32 Å². The van der Waals surface area contributed by atoms with Crippen LogP contribution in [0.3, 0.4) is 0 Å². The number of amides is 1. The fourth-order valence-electron chi connectivity index (χ4n) is 2.09. The molecule has 0 aliphatic rings. The van der Waals surface area contributed by atoms with Crippen molar-refractivity contribution in [1.82, 2.24) is 0 Å². The third-order valence-corrected chi connectivity index (χ3v) is 3.46. The Kier molecular flexibility index (Phi) is 7.90. The minimum Gasteiger partial charge on any atom is -0.373 e. The number of hydrogen-bond donors (Lipinski definition) is 1. The quantitative estimate of drug-likeness (QED) is 0.582. The summed E-state index contributed by atoms with van der Waals surface area (Å²) >= 11 is 5.96. The maximum absolute atomic E-state index is 13.6. The summed E-state index contributed by atoms with van der Waals surface area (Å²) in [4.78, 5) is 12.3. The van der Waals surface area contributed by atoms with Crippen molar-refractivity contribution in [3.63, 3.8) is 0 Å². The molecule has 0 heterocycles. The van der Waals surface area contributed by atoms with Gasteiger partial charge in [0.15, 0.2) is 0 Å². The first kappa shape index (κ1) is 19.8. The molecule has 0 bridgehead atoms. The second kappa shape index (κ2) is 9.16. The summed E-state index contributed by atoms with van der Waals surface area (Å²) < 4.78 is 26.4. The van der Waals surface area contributed by atoms with Crippen molar-refractivity contribution in [2.45, 2.75) is 26.2 Å². The van der Waals surface area contributed by atoms with Crippen LogP contribution in [0, 0.1) is 17.7 Å². The van der Waals surface area contributed by atoms with Crippen molar-refractivity contribution in [1.29, 1.82) is 0 Å². The molecular weight excluding hydrogens is 356 g/mol. The smallest absolute Gasteiger partial charge is 0.245 e. The molecule has 0 atom stereocenters. The van der Waals surface area contributed by atoms with Crippen LogP contribution in [0.1, 0.15) is 35.7 Å². The van der Waals surface area contributed by atoms with E-state index in [-0.39, 0.29) is 27.4 Å². The van der Waals surface area contributed by atoms with E-state index in [9.17, 15) is 13.6 Å². The third kappa shape index (κ3) is 5.41. The Bertz CT molecular complexity index is 694. The summed E-state index contributed by atoms with van der Waals surface area (Å²) in [6.45, 7) is 2.05. The van der Waals surface area contributed by atoms with E-state index in [1.54, 1.807) is 18.2 Å². The number of hydrogen-bond acceptors (Lipinski definition) is 1. The number of aryl methyl sites for hydroxylation is 1. The minimum atomic E-state index is -0.933. The van der Waals surface area contributed by atoms with Gasteiger partial charge in [-0.25, -0.2) is 8.78 Å². The average Bonchev–Trinajstić information content (AvgIpc) is 2.48. The van der Waals surface area contributed by atoms with Crippen LogP contribution in [-0.4, -0.2) is 5.91 Å². The van der Waals surface area contributed by atoms with E-state index >= 15 is 0 Å². The molecule has 1 N–H and O–H groups in total. The molecule has 120 valence electrons. The summed E-state index contributed by atoms with van der Waals surface area (Å²) in [6.07, 6.45) is 2.60. The van der Waals surface area contributed by atoms with Crippen molar-refractivity contribution in [3.05, 3.63) is 64.2 Å². The maximum Gasteiger partial charge on any atom is 0.245 e. The molecule has 2 nitrogen and oxygen atoms in total. The predicted molar refractivity (Wildman–Crippen MR) is 83.2 cm³/mol. The molecule has 0 saturated heterocycles. The third-order valence-electron chi connectivity index (χ3n) is 3.22. The van der Waals surface area contributed by atoms with Crippen LogP contribution in [0.5, 0.6) is 0 Å². The summed E-state index contributed by atoms with van der Waals surface area (Å²) in [5.74, 6) is -2.20. The van der Waals surface area contributed by atoms with Gasteiger partial charge in [0.1, 0.15) is 0 Å². The van der Waals surface area contributed by atoms with Crippen molar-refractivity contribution in [3.8, 4) is 0 Å². The zero-order valence-electron chi connectivity index (χ0n) is 12.6. The van der Waals surface area contributed by atoms with Crippen molar-refractivity contribution in [2.75, 3.05) is 5.32 Å². The van der Waals surface area contributed by atoms with E-state index in [1.807, 2.05) is 13.0 Å². The second-order valence-electron chi connectivity index (χ2n) is 4.89. The Morgan fingerprint density at radius 2 is 2.00 bits per heavy atom. The Morgan fingerprint density at radius 1 is 1.26 bits per heavy atom. The molecule has 0 aromatic heterocycles. The van der Waals surface area contributed by atoms with Gasteiger partial charge < -0.3 is 5.32 Å². The molecule has 2 aromatic carbocycles. The number of carbonyl (C=O) groups is 1. The monoisotopic (exact) mass is 370 g/mol. The molecule has 2 rings (SSSR count). The van der Waals surface area contributed by atoms with Crippen molar-refractivity contribution < 1.29 is 35.3 Å². The molecule has 0 unspecified atom stereocenters. The van der Waals surface area contributed by atoms with Crippen LogP contribution in [0.2, 0.25) is 5.02 Å². The summed E-state index contributed by atoms with van der Waals surface area (Å²) in [6, 6.07) is 9.04. The zero-order chi connectivity index (χ0) is 16.1. The number of nitrogens with one attached hydrogen (secondary N) is 1. The van der Waals surface area contributed by atoms with Crippen molar-refractivity contribution >= 4 is 23.2 Å². The molecule has 0 aliphatic carbocycles. The van der Waals surface area contributed by atoms with E-state index in [1.165, 1.54) is 6.07 Å². The summed E-state index contributed by atoms with van der Waals surface area (Å²) in [5.41, 5.74) is 1.13. The normalized spacial score (nSPS) is 10.1. The van der Waals surface area contributed by atoms with Crippen molar-refractivity contribution in [2.24, 2.45) is 0 Å². The first-order valence-corrected chi connectivity index (χ1v) is 7.36. The molecule has 0 radical (unpaired) electrons. The van der Waals surface area contributed by atoms with Gasteiger partial charge in [0, 0.05) is 43.9 Å². The molecule has 1 amide bonds. The van der Waals surface area contributed by atoms with Gasteiger partial charge in [-0.15, -0.1) is 18.2 Å². The Hall–Kier alpha value is -1.23. The molecule has 6 heteroatoms. The summed E-state index contributed by atoms with van der Waals surface area (Å²) in [5, 5.41) is 2.98. The van der Waals surface area contributed by atoms with E-state index in [0.717, 1.165) is 24.5 Å². The van der Waals surface area contributed by atoms with Crippen LogP contribution in [0.25, 0.3) is 0 Å². The van der Waals surface area contributed by atoms with Gasteiger partial charge in [-0.1, -0.05) is 24.9 Å². The first-order valence-electron chi connectivity index (χ1n) is 6.98. The summed E-state index contributed by atoms with van der Waals surface area (Å²) in [7, 11) is 0. The molecule has 0 aliphatic heterocycles. The Balaban J connectivity index is 0.00000264. The topological polar surface area (TPSA) is 29.1 Å². The fraction of sp³-hybridized carbons (Fsp3) is 0.235. The number of carbonyl (C=O) groups excluding carboxylic acids is 1. The molecule has 2 aromatic rings. The number of rotatable bonds is 5. The maximum atomic E-state index is 13.6. The number of anilines is 1. The second-order valence-corrected chi connectivity index (χ2v) is 5.33. The van der Waals surface area contributed by atoms with Gasteiger partial charge in [-0.3, -0.25) is 4.79 Å². The molecule has 0 spiro atoms. The van der Waals surface area contributed by atoms with Gasteiger partial charge in [-0.2, -0.15) is 0 Å². The van der Waals surface area contributed by atoms with Crippen LogP contribution in [0.4, 0.5) is 14.5 Å². The van der Waals surface area contributed by atoms with Gasteiger partial charge in [0.25, 0.3) is 0 Å². The first-order chi connectivity index (χ1) is 10.5. The fourth-order valence-corrected chi connectivity index (χ4v) is 2.28. The SMILES string of the molecule is CCCCc1cc(Cl)ccc1C(=O)Nc1ccc(F)[c-]c1F.[Ti]. The molecular formula is C17H15ClF2NOTi-. The van der Waals surface area contributed by atoms with Crippen LogP contribution in [-0.2, 0) is 28.1 Å². The van der Waals surface area contributed by atoms with Gasteiger partial charge in [0.2, 0.25) is 5.91 Å². The number of unbranched alkanes of at least 4 members (excludes halogenated alkanes) is 1. The molecule has 0 saturated carbocycles. The molecule has 0 fully saturated rings. The van der Waals surface area contributed by atoms with E-state index in [2.05, 4.69) is 5.32 Å². The Morgan fingerprint density at radius 3 is 2.65 bits per heavy atom. The average molecular weight is 371 g/mol. The predicted octanol–water partition coefficient (Wildman–Crippen LogP) is 5.01. The van der Waals surface area contributed by atoms with E-state index in [0.29, 0.717) is 17.0 Å². The van der Waals surface area contributed by atoms with Gasteiger partial charge >= 0.3 is 0 Å². The largest absolute Gasteiger partial charge is 0.373 e. The van der Waals surface area contributed by atoms with E-state index < -0.39 is 17.5 Å². The van der Waals surface area contributed by atoms with Gasteiger partial charge in [0.05, 0.1) is 0 Å². The molecule has 23 heavy (non-hydrogen) atoms. The zero-order valence-corrected chi connectivity index (χ0v) is 14.9. The standard InChI is InChI=1S/C17H15ClF2NO.Ti/c1-2-3-4-11-9-12(18)5-7-14(11)17(22)21-16-8-6-13(19)10-15(16)20;/h5-9H,2-4H2,1H3,(H,21,22);/q-1;. The van der Waals surface area contributed by atoms with Gasteiger partial charge in [-0.05, 0) is 42.3 Å². The van der Waals surface area contributed by atoms with Crippen LogP contribution >= 0.6 is 11.6 Å². The number of halogens is 3. The van der Waals surface area contributed by atoms with Crippen LogP contribution in [0.15, 0.2) is 30.3 Å².